The fourth-order valence-electron chi connectivity index (χ4n) is 3.29. The monoisotopic (exact) mass is 368 g/mol. The second-order valence-electron chi connectivity index (χ2n) is 6.17. The quantitative estimate of drug-likeness (QED) is 0.778. The number of carbonyl (C=O) groups excluding carboxylic acids is 1. The molecule has 0 spiro atoms. The third kappa shape index (κ3) is 3.74. The van der Waals surface area contributed by atoms with E-state index in [2.05, 4.69) is 5.10 Å². The molecule has 0 aliphatic carbocycles. The summed E-state index contributed by atoms with van der Waals surface area (Å²) >= 11 is 0. The van der Waals surface area contributed by atoms with E-state index in [1.807, 2.05) is 49.4 Å². The van der Waals surface area contributed by atoms with Gasteiger partial charge in [-0.3, -0.25) is 4.79 Å². The number of hydrogen-bond donors (Lipinski definition) is 0. The molecule has 1 atom stereocenters. The summed E-state index contributed by atoms with van der Waals surface area (Å²) < 4.78 is 16.6. The van der Waals surface area contributed by atoms with E-state index >= 15 is 0 Å². The summed E-state index contributed by atoms with van der Waals surface area (Å²) in [4.78, 5) is 12.3. The fraction of sp³-hybridized carbons (Fsp3) is 0.333. The lowest BCUT2D eigenvalue weighted by Crippen LogP contribution is -2.24. The Morgan fingerprint density at radius 1 is 1.15 bits per heavy atom. The van der Waals surface area contributed by atoms with Crippen molar-refractivity contribution >= 4 is 11.6 Å². The number of hydrogen-bond acceptors (Lipinski definition) is 5. The Kier molecular flexibility index (Phi) is 5.64. The smallest absolute Gasteiger partial charge is 0.240 e. The molecule has 142 valence electrons. The first-order chi connectivity index (χ1) is 13.1. The van der Waals surface area contributed by atoms with Gasteiger partial charge in [0, 0.05) is 24.5 Å². The van der Waals surface area contributed by atoms with Gasteiger partial charge in [0.1, 0.15) is 17.2 Å². The maximum atomic E-state index is 12.3. The molecule has 0 saturated carbocycles. The van der Waals surface area contributed by atoms with E-state index in [1.54, 1.807) is 14.2 Å². The Balaban J connectivity index is 2.02. The van der Waals surface area contributed by atoms with Crippen LogP contribution < -0.4 is 14.2 Å². The van der Waals surface area contributed by atoms with Gasteiger partial charge >= 0.3 is 0 Å². The third-order valence-electron chi connectivity index (χ3n) is 4.53. The standard InChI is InChI=1S/C21H24N2O4/c1-5-27-21-9-7-6-8-16(21)19-13-18(22-23(19)14(2)24)17-12-15(25-3)10-11-20(17)26-4/h6-12,19H,5,13H2,1-4H3. The second-order valence-corrected chi connectivity index (χ2v) is 6.17. The van der Waals surface area contributed by atoms with Gasteiger partial charge in [0.05, 0.1) is 32.6 Å². The highest BCUT2D eigenvalue weighted by molar-refractivity contribution is 6.05. The Hall–Kier alpha value is -3.02. The average Bonchev–Trinajstić information content (AvgIpc) is 3.13. The first kappa shape index (κ1) is 18.8. The van der Waals surface area contributed by atoms with Crippen LogP contribution in [-0.4, -0.2) is 37.5 Å². The topological polar surface area (TPSA) is 60.4 Å². The van der Waals surface area contributed by atoms with Gasteiger partial charge < -0.3 is 14.2 Å². The van der Waals surface area contributed by atoms with Crippen molar-refractivity contribution < 1.29 is 19.0 Å². The zero-order chi connectivity index (χ0) is 19.4. The molecule has 0 fully saturated rings. The van der Waals surface area contributed by atoms with Crippen LogP contribution in [0, 0.1) is 0 Å². The minimum atomic E-state index is -0.226. The predicted molar refractivity (Wildman–Crippen MR) is 104 cm³/mol. The number of carbonyl (C=O) groups is 1. The average molecular weight is 368 g/mol. The van der Waals surface area contributed by atoms with Crippen LogP contribution in [-0.2, 0) is 4.79 Å². The van der Waals surface area contributed by atoms with Crippen LogP contribution >= 0.6 is 0 Å². The number of ether oxygens (including phenoxy) is 3. The van der Waals surface area contributed by atoms with Gasteiger partial charge in [0.15, 0.2) is 0 Å². The maximum Gasteiger partial charge on any atom is 0.240 e. The van der Waals surface area contributed by atoms with Crippen molar-refractivity contribution in [3.8, 4) is 17.2 Å². The fourth-order valence-corrected chi connectivity index (χ4v) is 3.29. The van der Waals surface area contributed by atoms with Crippen LogP contribution in [0.15, 0.2) is 47.6 Å². The van der Waals surface area contributed by atoms with Crippen molar-refractivity contribution in [2.24, 2.45) is 5.10 Å². The van der Waals surface area contributed by atoms with Crippen LogP contribution in [0.25, 0.3) is 0 Å². The van der Waals surface area contributed by atoms with Crippen LogP contribution in [0.2, 0.25) is 0 Å². The summed E-state index contributed by atoms with van der Waals surface area (Å²) in [6.07, 6.45) is 0.563. The van der Waals surface area contributed by atoms with Crippen molar-refractivity contribution in [1.82, 2.24) is 5.01 Å². The molecule has 1 heterocycles. The number of benzene rings is 2. The van der Waals surface area contributed by atoms with Gasteiger partial charge in [-0.05, 0) is 31.2 Å². The normalized spacial score (nSPS) is 16.1. The highest BCUT2D eigenvalue weighted by Gasteiger charge is 2.34. The minimum absolute atomic E-state index is 0.122. The van der Waals surface area contributed by atoms with Crippen molar-refractivity contribution in [3.63, 3.8) is 0 Å². The molecule has 27 heavy (non-hydrogen) atoms. The summed E-state index contributed by atoms with van der Waals surface area (Å²) in [6.45, 7) is 4.02. The highest BCUT2D eigenvalue weighted by atomic mass is 16.5. The second kappa shape index (κ2) is 8.12. The van der Waals surface area contributed by atoms with Crippen LogP contribution in [0.4, 0.5) is 0 Å². The zero-order valence-electron chi connectivity index (χ0n) is 16.1. The van der Waals surface area contributed by atoms with Gasteiger partial charge in [-0.1, -0.05) is 18.2 Å². The van der Waals surface area contributed by atoms with Crippen LogP contribution in [0.3, 0.4) is 0 Å². The molecule has 0 aromatic heterocycles. The van der Waals surface area contributed by atoms with Gasteiger partial charge in [-0.2, -0.15) is 5.10 Å². The molecule has 2 aromatic carbocycles. The molecule has 1 aliphatic heterocycles. The Morgan fingerprint density at radius 3 is 2.59 bits per heavy atom. The molecule has 1 aliphatic rings. The molecule has 0 bridgehead atoms. The molecule has 3 rings (SSSR count). The molecule has 2 aromatic rings. The van der Waals surface area contributed by atoms with E-state index in [4.69, 9.17) is 14.2 Å². The Labute approximate surface area is 159 Å². The number of hydrazone groups is 1. The molecule has 6 heteroatoms. The largest absolute Gasteiger partial charge is 0.497 e. The van der Waals surface area contributed by atoms with Gasteiger partial charge in [0.2, 0.25) is 5.91 Å². The van der Waals surface area contributed by atoms with E-state index in [0.29, 0.717) is 24.5 Å². The van der Waals surface area contributed by atoms with Crippen LogP contribution in [0.5, 0.6) is 17.2 Å². The van der Waals surface area contributed by atoms with Gasteiger partial charge in [-0.25, -0.2) is 5.01 Å². The molecule has 1 unspecified atom stereocenters. The summed E-state index contributed by atoms with van der Waals surface area (Å²) in [5, 5.41) is 6.13. The molecule has 1 amide bonds. The number of amides is 1. The summed E-state index contributed by atoms with van der Waals surface area (Å²) in [5.74, 6) is 2.05. The Morgan fingerprint density at radius 2 is 1.93 bits per heavy atom. The van der Waals surface area contributed by atoms with Gasteiger partial charge in [-0.15, -0.1) is 0 Å². The van der Waals surface area contributed by atoms with Crippen molar-refractivity contribution in [2.45, 2.75) is 26.3 Å². The van der Waals surface area contributed by atoms with Crippen molar-refractivity contribution in [1.29, 1.82) is 0 Å². The van der Waals surface area contributed by atoms with E-state index in [1.165, 1.54) is 11.9 Å². The molecular weight excluding hydrogens is 344 g/mol. The summed E-state index contributed by atoms with van der Waals surface area (Å²) in [5.41, 5.74) is 2.53. The minimum Gasteiger partial charge on any atom is -0.497 e. The van der Waals surface area contributed by atoms with Crippen molar-refractivity contribution in [3.05, 3.63) is 53.6 Å². The number of para-hydroxylation sites is 1. The molecule has 6 nitrogen and oxygen atoms in total. The van der Waals surface area contributed by atoms with E-state index in [9.17, 15) is 4.79 Å². The molecule has 0 radical (unpaired) electrons. The number of rotatable bonds is 6. The first-order valence-corrected chi connectivity index (χ1v) is 8.90. The SMILES string of the molecule is CCOc1ccccc1C1CC(c2cc(OC)ccc2OC)=NN1C(C)=O. The van der Waals surface area contributed by atoms with E-state index in [0.717, 1.165) is 22.6 Å². The lowest BCUT2D eigenvalue weighted by Gasteiger charge is -2.22. The lowest BCUT2D eigenvalue weighted by atomic mass is 9.97. The third-order valence-corrected chi connectivity index (χ3v) is 4.53. The zero-order valence-corrected chi connectivity index (χ0v) is 16.1. The predicted octanol–water partition coefficient (Wildman–Crippen LogP) is 3.80. The van der Waals surface area contributed by atoms with Crippen molar-refractivity contribution in [2.75, 3.05) is 20.8 Å². The lowest BCUT2D eigenvalue weighted by molar-refractivity contribution is -0.130. The van der Waals surface area contributed by atoms with Gasteiger partial charge in [0.25, 0.3) is 0 Å². The summed E-state index contributed by atoms with van der Waals surface area (Å²) in [6, 6.07) is 13.1. The Bertz CT molecular complexity index is 863. The first-order valence-electron chi connectivity index (χ1n) is 8.90. The van der Waals surface area contributed by atoms with E-state index in [-0.39, 0.29) is 11.9 Å². The number of methoxy groups -OCH3 is 2. The van der Waals surface area contributed by atoms with E-state index < -0.39 is 0 Å². The highest BCUT2D eigenvalue weighted by Crippen LogP contribution is 2.39. The summed E-state index contributed by atoms with van der Waals surface area (Å²) in [7, 11) is 3.23. The molecule has 0 N–H and O–H groups in total. The maximum absolute atomic E-state index is 12.3. The molecular formula is C21H24N2O4. The molecule has 0 saturated heterocycles. The van der Waals surface area contributed by atoms with Crippen LogP contribution in [0.1, 0.15) is 37.4 Å². The number of nitrogens with zero attached hydrogens (tertiary/aromatic N) is 2.